The number of imidazole rings is 2. The van der Waals surface area contributed by atoms with Crippen molar-refractivity contribution in [3.63, 3.8) is 0 Å². The minimum Gasteiger partial charge on any atom is -0.478 e. The molecule has 8 rings (SSSR count). The predicted octanol–water partition coefficient (Wildman–Crippen LogP) is 3.87. The van der Waals surface area contributed by atoms with E-state index in [4.69, 9.17) is 21.7 Å². The molecule has 0 fully saturated rings. The van der Waals surface area contributed by atoms with E-state index in [1.807, 2.05) is 36.4 Å². The maximum atomic E-state index is 11.7. The number of aromatic carboxylic acids is 2. The highest BCUT2D eigenvalue weighted by Gasteiger charge is 2.13. The molecular formula is C44H50N10O8. The number of carbonyl (C=O) groups is 2. The van der Waals surface area contributed by atoms with E-state index in [1.54, 1.807) is 73.7 Å². The van der Waals surface area contributed by atoms with Gasteiger partial charge in [-0.15, -0.1) is 0 Å². The first-order chi connectivity index (χ1) is 29.3. The van der Waals surface area contributed by atoms with Gasteiger partial charge in [0.2, 0.25) is 0 Å². The van der Waals surface area contributed by atoms with Crippen LogP contribution in [0.15, 0.2) is 141 Å². The second kappa shape index (κ2) is 22.2. The third-order valence-corrected chi connectivity index (χ3v) is 8.90. The lowest BCUT2D eigenvalue weighted by Gasteiger charge is -2.02. The molecule has 0 bridgehead atoms. The summed E-state index contributed by atoms with van der Waals surface area (Å²) in [6, 6.07) is 33.3. The fraction of sp³-hybridized carbons (Fsp3) is 0.182. The van der Waals surface area contributed by atoms with Crippen LogP contribution in [0.25, 0.3) is 22.3 Å². The van der Waals surface area contributed by atoms with E-state index in [0.717, 1.165) is 9.13 Å². The van der Waals surface area contributed by atoms with Crippen molar-refractivity contribution in [2.24, 2.45) is 42.3 Å². The third-order valence-electron chi connectivity index (χ3n) is 8.90. The molecule has 0 spiro atoms. The highest BCUT2D eigenvalue weighted by Crippen LogP contribution is 2.10. The summed E-state index contributed by atoms with van der Waals surface area (Å²) in [6.45, 7) is 4.17. The second-order valence-electron chi connectivity index (χ2n) is 13.6. The fourth-order valence-electron chi connectivity index (χ4n) is 5.39. The highest BCUT2D eigenvalue weighted by molar-refractivity contribution is 5.94. The number of anilines is 2. The van der Waals surface area contributed by atoms with Gasteiger partial charge >= 0.3 is 23.3 Å². The van der Waals surface area contributed by atoms with E-state index >= 15 is 0 Å². The Morgan fingerprint density at radius 1 is 0.468 bits per heavy atom. The van der Waals surface area contributed by atoms with Crippen molar-refractivity contribution in [3.05, 3.63) is 186 Å². The normalized spacial score (nSPS) is 9.94. The molecule has 18 nitrogen and oxygen atoms in total. The van der Waals surface area contributed by atoms with Gasteiger partial charge in [-0.3, -0.25) is 27.9 Å². The zero-order chi connectivity index (χ0) is 46.3. The molecule has 0 saturated heterocycles. The molecule has 0 aliphatic heterocycles. The quantitative estimate of drug-likeness (QED) is 0.181. The maximum absolute atomic E-state index is 11.7. The van der Waals surface area contributed by atoms with Crippen LogP contribution in [0.4, 0.5) is 11.4 Å². The van der Waals surface area contributed by atoms with Crippen LogP contribution in [-0.2, 0) is 42.3 Å². The summed E-state index contributed by atoms with van der Waals surface area (Å²) in [6.07, 6.45) is 3.04. The molecule has 0 unspecified atom stereocenters. The summed E-state index contributed by atoms with van der Waals surface area (Å²) >= 11 is 0. The molecule has 0 aliphatic rings. The molecule has 62 heavy (non-hydrogen) atoms. The van der Waals surface area contributed by atoms with Gasteiger partial charge in [0.15, 0.2) is 22.3 Å². The van der Waals surface area contributed by atoms with E-state index in [1.165, 1.54) is 59.1 Å². The Morgan fingerprint density at radius 3 is 1.00 bits per heavy atom. The van der Waals surface area contributed by atoms with Gasteiger partial charge in [0.1, 0.15) is 0 Å². The lowest BCUT2D eigenvalue weighted by Crippen LogP contribution is -2.37. The fourth-order valence-corrected chi connectivity index (χ4v) is 5.39. The van der Waals surface area contributed by atoms with Gasteiger partial charge in [0.05, 0.1) is 23.8 Å². The van der Waals surface area contributed by atoms with Crippen molar-refractivity contribution >= 4 is 45.6 Å². The predicted molar refractivity (Wildman–Crippen MR) is 240 cm³/mol. The number of aryl methyl sites for hydroxylation is 6. The van der Waals surface area contributed by atoms with E-state index < -0.39 is 11.9 Å². The Labute approximate surface area is 355 Å². The summed E-state index contributed by atoms with van der Waals surface area (Å²) in [5.74, 6) is -1.98. The molecule has 6 N–H and O–H groups in total. The average molecular weight is 847 g/mol. The number of benzene rings is 4. The molecule has 4 aromatic heterocycles. The standard InChI is InChI=1S/2C8H10N4O2.2C7H7NO2.2C7H8/c2*1-10-4-9-6-5(10)7(13)12(3)8(14)11(6)2;2*8-6-4-2-1-3-5(6)7(9)10;2*1-7-5-3-2-4-6-7/h2*4H,1-3H3;2*1-4H,8H2,(H,9,10);2*2-6H,1H3. The number of fused-ring (bicyclic) bond motifs is 2. The topological polar surface area (TPSA) is 250 Å². The van der Waals surface area contributed by atoms with Crippen molar-refractivity contribution < 1.29 is 19.8 Å². The Morgan fingerprint density at radius 2 is 0.758 bits per heavy atom. The number of aromatic nitrogens is 8. The lowest BCUT2D eigenvalue weighted by molar-refractivity contribution is 0.0687. The minimum atomic E-state index is -0.988. The molecule has 0 radical (unpaired) electrons. The molecule has 8 aromatic rings. The largest absolute Gasteiger partial charge is 0.478 e. The summed E-state index contributed by atoms with van der Waals surface area (Å²) in [7, 11) is 9.55. The number of nitrogens with two attached hydrogens (primary N) is 2. The van der Waals surface area contributed by atoms with Gasteiger partial charge in [-0.2, -0.15) is 0 Å². The Bertz CT molecular complexity index is 2810. The first-order valence-corrected chi connectivity index (χ1v) is 18.6. The number of rotatable bonds is 2. The first kappa shape index (κ1) is 48.1. The molecular weight excluding hydrogens is 797 g/mol. The highest BCUT2D eigenvalue weighted by atomic mass is 16.4. The number of nitrogens with zero attached hydrogens (tertiary/aromatic N) is 8. The van der Waals surface area contributed by atoms with E-state index in [-0.39, 0.29) is 33.6 Å². The van der Waals surface area contributed by atoms with E-state index in [9.17, 15) is 28.8 Å². The van der Waals surface area contributed by atoms with Crippen LogP contribution in [0, 0.1) is 13.8 Å². The first-order valence-electron chi connectivity index (χ1n) is 18.6. The maximum Gasteiger partial charge on any atom is 0.337 e. The zero-order valence-electron chi connectivity index (χ0n) is 35.6. The molecule has 4 heterocycles. The number of hydrogen-bond acceptors (Lipinski definition) is 10. The summed E-state index contributed by atoms with van der Waals surface area (Å²) in [4.78, 5) is 75.0. The molecule has 0 atom stereocenters. The van der Waals surface area contributed by atoms with Crippen LogP contribution < -0.4 is 34.0 Å². The van der Waals surface area contributed by atoms with Crippen LogP contribution in [0.3, 0.4) is 0 Å². The van der Waals surface area contributed by atoms with E-state index in [0.29, 0.717) is 33.7 Å². The Balaban J connectivity index is 0.000000202. The second-order valence-corrected chi connectivity index (χ2v) is 13.6. The van der Waals surface area contributed by atoms with Crippen molar-refractivity contribution in [3.8, 4) is 0 Å². The number of nitrogen functional groups attached to an aromatic ring is 2. The summed E-state index contributed by atoms with van der Waals surface area (Å²) in [5.41, 5.74) is 14.6. The van der Waals surface area contributed by atoms with Gasteiger partial charge in [0.25, 0.3) is 11.1 Å². The zero-order valence-corrected chi connectivity index (χ0v) is 35.6. The van der Waals surface area contributed by atoms with Gasteiger partial charge in [-0.05, 0) is 38.1 Å². The number of carboxylic acid groups (broad SMARTS) is 2. The van der Waals surface area contributed by atoms with Gasteiger partial charge < -0.3 is 30.8 Å². The van der Waals surface area contributed by atoms with Gasteiger partial charge in [0, 0.05) is 53.7 Å². The summed E-state index contributed by atoms with van der Waals surface area (Å²) in [5, 5.41) is 17.0. The summed E-state index contributed by atoms with van der Waals surface area (Å²) < 4.78 is 8.08. The molecule has 0 aliphatic carbocycles. The van der Waals surface area contributed by atoms with Crippen molar-refractivity contribution in [2.45, 2.75) is 13.8 Å². The number of hydrogen-bond donors (Lipinski definition) is 4. The molecule has 324 valence electrons. The minimum absolute atomic E-state index is 0.155. The number of para-hydroxylation sites is 2. The molecule has 18 heteroatoms. The van der Waals surface area contributed by atoms with Crippen molar-refractivity contribution in [1.29, 1.82) is 0 Å². The Kier molecular flexibility index (Phi) is 17.2. The SMILES string of the molecule is Cc1ccccc1.Cc1ccccc1.Cn1c(=O)c2c(ncn2C)n(C)c1=O.Cn1c(=O)c2c(ncn2C)n(C)c1=O.Nc1ccccc1C(=O)O.Nc1ccccc1C(=O)O. The van der Waals surface area contributed by atoms with Crippen LogP contribution in [0.5, 0.6) is 0 Å². The molecule has 0 saturated carbocycles. The molecule has 0 amide bonds. The third kappa shape index (κ3) is 12.4. The smallest absolute Gasteiger partial charge is 0.337 e. The van der Waals surface area contributed by atoms with E-state index in [2.05, 4.69) is 48.1 Å². The van der Waals surface area contributed by atoms with Crippen LogP contribution in [0.1, 0.15) is 31.8 Å². The monoisotopic (exact) mass is 846 g/mol. The van der Waals surface area contributed by atoms with Crippen LogP contribution in [-0.4, -0.2) is 59.5 Å². The van der Waals surface area contributed by atoms with Gasteiger partial charge in [-0.25, -0.2) is 29.1 Å². The Hall–Kier alpha value is -8.28. The average Bonchev–Trinajstić information content (AvgIpc) is 3.84. The van der Waals surface area contributed by atoms with Crippen molar-refractivity contribution in [2.75, 3.05) is 11.5 Å². The molecule has 4 aromatic carbocycles. The lowest BCUT2D eigenvalue weighted by atomic mass is 10.2. The van der Waals surface area contributed by atoms with Gasteiger partial charge in [-0.1, -0.05) is 96.1 Å². The van der Waals surface area contributed by atoms with Crippen LogP contribution in [0.2, 0.25) is 0 Å². The number of carboxylic acids is 2. The van der Waals surface area contributed by atoms with Crippen LogP contribution >= 0.6 is 0 Å². The van der Waals surface area contributed by atoms with Crippen molar-refractivity contribution in [1.82, 2.24) is 37.4 Å².